The number of aromatic amines is 1. The standard InChI is InChI=1S/C27H29N7S/c1-27(2,3)25-20(18-14-31-32-15-18)22-24(35-25)23(34-26(33-22)17-9-11-30-12-10-17)21(29)19(28)13-16-7-5-4-6-8-16/h4-12,14-15,19,21H,13,28-29H2,1-3H3,(H,31,32). The molecule has 1 aromatic carbocycles. The van der Waals surface area contributed by atoms with Gasteiger partial charge < -0.3 is 11.5 Å². The van der Waals surface area contributed by atoms with E-state index in [4.69, 9.17) is 21.4 Å². The summed E-state index contributed by atoms with van der Waals surface area (Å²) in [7, 11) is 0. The summed E-state index contributed by atoms with van der Waals surface area (Å²) < 4.78 is 0.972. The first-order valence-electron chi connectivity index (χ1n) is 11.6. The molecule has 0 fully saturated rings. The molecule has 0 saturated heterocycles. The molecular formula is C27H29N7S. The maximum absolute atomic E-state index is 6.85. The van der Waals surface area contributed by atoms with Crippen LogP contribution in [0.4, 0.5) is 0 Å². The summed E-state index contributed by atoms with van der Waals surface area (Å²) in [6.07, 6.45) is 7.89. The van der Waals surface area contributed by atoms with Gasteiger partial charge in [0.15, 0.2) is 5.82 Å². The number of nitrogens with zero attached hydrogens (tertiary/aromatic N) is 4. The third-order valence-corrected chi connectivity index (χ3v) is 7.68. The van der Waals surface area contributed by atoms with Crippen LogP contribution in [0.25, 0.3) is 32.7 Å². The molecule has 178 valence electrons. The molecule has 2 unspecified atom stereocenters. The topological polar surface area (TPSA) is 119 Å². The fraction of sp³-hybridized carbons (Fsp3) is 0.259. The second-order valence-electron chi connectivity index (χ2n) is 9.77. The average Bonchev–Trinajstić information content (AvgIpc) is 3.52. The number of thiophene rings is 1. The van der Waals surface area contributed by atoms with Crippen LogP contribution in [0.15, 0.2) is 67.3 Å². The van der Waals surface area contributed by atoms with Crippen molar-refractivity contribution in [1.29, 1.82) is 0 Å². The number of rotatable bonds is 6. The lowest BCUT2D eigenvalue weighted by Gasteiger charge is -2.21. The molecule has 35 heavy (non-hydrogen) atoms. The normalized spacial score (nSPS) is 13.7. The molecule has 0 aliphatic heterocycles. The second-order valence-corrected chi connectivity index (χ2v) is 10.8. The first-order chi connectivity index (χ1) is 16.8. The van der Waals surface area contributed by atoms with Crippen molar-refractivity contribution in [2.45, 2.75) is 44.7 Å². The largest absolute Gasteiger partial charge is 0.326 e. The van der Waals surface area contributed by atoms with Gasteiger partial charge in [-0.2, -0.15) is 5.10 Å². The maximum Gasteiger partial charge on any atom is 0.160 e. The van der Waals surface area contributed by atoms with E-state index < -0.39 is 6.04 Å². The highest BCUT2D eigenvalue weighted by molar-refractivity contribution is 7.20. The molecule has 0 spiro atoms. The van der Waals surface area contributed by atoms with Crippen molar-refractivity contribution in [1.82, 2.24) is 25.1 Å². The SMILES string of the molecule is CC(C)(C)c1sc2c(C(N)C(N)Cc3ccccc3)nc(-c3ccncc3)nc2c1-c1cn[nH]c1. The van der Waals surface area contributed by atoms with Crippen LogP contribution in [-0.4, -0.2) is 31.2 Å². The van der Waals surface area contributed by atoms with Crippen LogP contribution in [0, 0.1) is 0 Å². The lowest BCUT2D eigenvalue weighted by Crippen LogP contribution is -2.36. The van der Waals surface area contributed by atoms with Gasteiger partial charge in [0, 0.05) is 46.2 Å². The minimum atomic E-state index is -0.468. The number of nitrogens with two attached hydrogens (primary N) is 2. The van der Waals surface area contributed by atoms with E-state index in [-0.39, 0.29) is 11.5 Å². The highest BCUT2D eigenvalue weighted by Gasteiger charge is 2.30. The van der Waals surface area contributed by atoms with E-state index in [2.05, 4.69) is 48.1 Å². The van der Waals surface area contributed by atoms with Gasteiger partial charge in [-0.1, -0.05) is 51.1 Å². The van der Waals surface area contributed by atoms with E-state index in [0.717, 1.165) is 38.2 Å². The summed E-state index contributed by atoms with van der Waals surface area (Å²) in [4.78, 5) is 15.4. The van der Waals surface area contributed by atoms with Crippen LogP contribution in [0.2, 0.25) is 0 Å². The molecule has 5 rings (SSSR count). The number of nitrogens with one attached hydrogen (secondary N) is 1. The molecule has 0 bridgehead atoms. The van der Waals surface area contributed by atoms with Crippen molar-refractivity contribution in [2.75, 3.05) is 0 Å². The average molecular weight is 484 g/mol. The molecule has 0 aliphatic carbocycles. The zero-order valence-corrected chi connectivity index (χ0v) is 20.9. The van der Waals surface area contributed by atoms with Crippen molar-refractivity contribution >= 4 is 21.6 Å². The van der Waals surface area contributed by atoms with Crippen LogP contribution in [0.5, 0.6) is 0 Å². The van der Waals surface area contributed by atoms with E-state index >= 15 is 0 Å². The van der Waals surface area contributed by atoms with E-state index in [9.17, 15) is 0 Å². The van der Waals surface area contributed by atoms with Gasteiger partial charge in [0.05, 0.1) is 28.1 Å². The second kappa shape index (κ2) is 9.30. The van der Waals surface area contributed by atoms with Crippen molar-refractivity contribution in [3.63, 3.8) is 0 Å². The van der Waals surface area contributed by atoms with Crippen LogP contribution in [0.1, 0.15) is 42.9 Å². The number of aromatic nitrogens is 5. The quantitative estimate of drug-likeness (QED) is 0.312. The van der Waals surface area contributed by atoms with Crippen molar-refractivity contribution in [2.24, 2.45) is 11.5 Å². The van der Waals surface area contributed by atoms with Crippen molar-refractivity contribution < 1.29 is 0 Å². The van der Waals surface area contributed by atoms with Gasteiger partial charge in [0.2, 0.25) is 0 Å². The number of hydrogen-bond acceptors (Lipinski definition) is 7. The zero-order valence-electron chi connectivity index (χ0n) is 20.1. The highest BCUT2D eigenvalue weighted by atomic mass is 32.1. The molecule has 0 aliphatic rings. The molecule has 2 atom stereocenters. The zero-order chi connectivity index (χ0) is 24.6. The number of benzene rings is 1. The summed E-state index contributed by atoms with van der Waals surface area (Å²) in [6.45, 7) is 6.62. The van der Waals surface area contributed by atoms with Gasteiger partial charge >= 0.3 is 0 Å². The lowest BCUT2D eigenvalue weighted by molar-refractivity contribution is 0.537. The number of pyridine rings is 1. The van der Waals surface area contributed by atoms with Gasteiger partial charge in [0.25, 0.3) is 0 Å². The summed E-state index contributed by atoms with van der Waals surface area (Å²) >= 11 is 1.70. The summed E-state index contributed by atoms with van der Waals surface area (Å²) in [5.74, 6) is 0.611. The van der Waals surface area contributed by atoms with Crippen molar-refractivity contribution in [3.8, 4) is 22.5 Å². The lowest BCUT2D eigenvalue weighted by atomic mass is 9.89. The van der Waals surface area contributed by atoms with Crippen LogP contribution < -0.4 is 11.5 Å². The minimum Gasteiger partial charge on any atom is -0.326 e. The Hall–Kier alpha value is -3.46. The maximum atomic E-state index is 6.85. The van der Waals surface area contributed by atoms with Gasteiger partial charge in [-0.3, -0.25) is 10.1 Å². The number of hydrogen-bond donors (Lipinski definition) is 3. The van der Waals surface area contributed by atoms with E-state index in [1.807, 2.05) is 42.7 Å². The summed E-state index contributed by atoms with van der Waals surface area (Å²) in [5, 5.41) is 7.15. The molecule has 0 radical (unpaired) electrons. The monoisotopic (exact) mass is 483 g/mol. The first kappa shape index (κ1) is 23.3. The molecule has 7 nitrogen and oxygen atoms in total. The Bertz CT molecular complexity index is 1420. The fourth-order valence-corrected chi connectivity index (χ4v) is 5.61. The molecule has 0 saturated carbocycles. The third kappa shape index (κ3) is 4.60. The third-order valence-electron chi connectivity index (χ3n) is 6.06. The van der Waals surface area contributed by atoms with Gasteiger partial charge in [-0.15, -0.1) is 11.3 Å². The summed E-state index contributed by atoms with van der Waals surface area (Å²) in [6, 6.07) is 13.2. The Balaban J connectivity index is 1.73. The number of H-pyrrole nitrogens is 1. The Labute approximate surface area is 208 Å². The smallest absolute Gasteiger partial charge is 0.160 e. The van der Waals surface area contributed by atoms with Crippen LogP contribution in [-0.2, 0) is 11.8 Å². The molecule has 5 N–H and O–H groups in total. The minimum absolute atomic E-state index is 0.109. The van der Waals surface area contributed by atoms with Gasteiger partial charge in [0.1, 0.15) is 0 Å². The van der Waals surface area contributed by atoms with E-state index in [0.29, 0.717) is 12.2 Å². The van der Waals surface area contributed by atoms with E-state index in [1.54, 1.807) is 23.7 Å². The Morgan fingerprint density at radius 1 is 0.971 bits per heavy atom. The predicted molar refractivity (Wildman–Crippen MR) is 142 cm³/mol. The van der Waals surface area contributed by atoms with Crippen LogP contribution in [0.3, 0.4) is 0 Å². The predicted octanol–water partition coefficient (Wildman–Crippen LogP) is 5.01. The van der Waals surface area contributed by atoms with Crippen LogP contribution >= 0.6 is 11.3 Å². The number of fused-ring (bicyclic) bond motifs is 1. The van der Waals surface area contributed by atoms with Gasteiger partial charge in [-0.25, -0.2) is 9.97 Å². The molecule has 8 heteroatoms. The Morgan fingerprint density at radius 2 is 1.71 bits per heavy atom. The summed E-state index contributed by atoms with van der Waals surface area (Å²) in [5.41, 5.74) is 19.2. The highest BCUT2D eigenvalue weighted by Crippen LogP contribution is 2.46. The van der Waals surface area contributed by atoms with E-state index in [1.165, 1.54) is 4.88 Å². The Kier molecular flexibility index (Phi) is 6.19. The molecule has 4 aromatic heterocycles. The Morgan fingerprint density at radius 3 is 2.37 bits per heavy atom. The molecule has 5 aromatic rings. The first-order valence-corrected chi connectivity index (χ1v) is 12.4. The molecule has 0 amide bonds. The van der Waals surface area contributed by atoms with Gasteiger partial charge in [-0.05, 0) is 29.5 Å². The van der Waals surface area contributed by atoms with Crippen molar-refractivity contribution in [3.05, 3.63) is 83.4 Å². The molecule has 4 heterocycles. The fourth-order valence-electron chi connectivity index (χ4n) is 4.25. The molecular weight excluding hydrogens is 454 g/mol.